The highest BCUT2D eigenvalue weighted by molar-refractivity contribution is 4.85. The van der Waals surface area contributed by atoms with Crippen molar-refractivity contribution in [3.63, 3.8) is 0 Å². The van der Waals surface area contributed by atoms with E-state index in [0.717, 1.165) is 19.3 Å². The van der Waals surface area contributed by atoms with Gasteiger partial charge in [-0.25, -0.2) is 0 Å². The molecular formula is C9H19NO2. The summed E-state index contributed by atoms with van der Waals surface area (Å²) >= 11 is 0. The van der Waals surface area contributed by atoms with Gasteiger partial charge >= 0.3 is 0 Å². The van der Waals surface area contributed by atoms with E-state index < -0.39 is 0 Å². The molecule has 0 bridgehead atoms. The van der Waals surface area contributed by atoms with E-state index in [1.807, 2.05) is 6.92 Å². The molecular weight excluding hydrogens is 154 g/mol. The van der Waals surface area contributed by atoms with Gasteiger partial charge in [0.1, 0.15) is 0 Å². The fourth-order valence-corrected chi connectivity index (χ4v) is 1.88. The van der Waals surface area contributed by atoms with E-state index in [4.69, 9.17) is 4.84 Å². The Bertz CT molecular complexity index is 130. The van der Waals surface area contributed by atoms with Crippen molar-refractivity contribution < 1.29 is 9.94 Å². The normalized spacial score (nSPS) is 35.8. The van der Waals surface area contributed by atoms with Gasteiger partial charge in [-0.3, -0.25) is 0 Å². The standard InChI is InChI=1S/C9H19NO2/c1-3-7-5-8(11)6-9(7)10-12-4-2/h7-11H,3-6H2,1-2H3/t7-,8+,9+/m1/s1. The minimum absolute atomic E-state index is 0.132. The van der Waals surface area contributed by atoms with Crippen LogP contribution in [0.4, 0.5) is 0 Å². The van der Waals surface area contributed by atoms with E-state index in [9.17, 15) is 5.11 Å². The van der Waals surface area contributed by atoms with Crippen LogP contribution in [-0.4, -0.2) is 23.9 Å². The van der Waals surface area contributed by atoms with Gasteiger partial charge in [0.2, 0.25) is 0 Å². The third-order valence-corrected chi connectivity index (χ3v) is 2.57. The van der Waals surface area contributed by atoms with Gasteiger partial charge in [-0.1, -0.05) is 13.3 Å². The summed E-state index contributed by atoms with van der Waals surface area (Å²) in [4.78, 5) is 5.14. The zero-order chi connectivity index (χ0) is 8.97. The molecule has 3 heteroatoms. The number of aliphatic hydroxyl groups is 1. The highest BCUT2D eigenvalue weighted by Gasteiger charge is 2.31. The molecule has 1 saturated carbocycles. The van der Waals surface area contributed by atoms with E-state index in [1.54, 1.807) is 0 Å². The van der Waals surface area contributed by atoms with Crippen LogP contribution in [0.3, 0.4) is 0 Å². The Morgan fingerprint density at radius 2 is 2.17 bits per heavy atom. The molecule has 3 atom stereocenters. The molecule has 3 nitrogen and oxygen atoms in total. The van der Waals surface area contributed by atoms with Gasteiger partial charge in [0.25, 0.3) is 0 Å². The summed E-state index contributed by atoms with van der Waals surface area (Å²) in [7, 11) is 0. The quantitative estimate of drug-likeness (QED) is 0.625. The first-order chi connectivity index (χ1) is 5.77. The first-order valence-corrected chi connectivity index (χ1v) is 4.83. The Morgan fingerprint density at radius 1 is 1.42 bits per heavy atom. The van der Waals surface area contributed by atoms with Gasteiger partial charge in [-0.15, -0.1) is 0 Å². The maximum absolute atomic E-state index is 9.40. The van der Waals surface area contributed by atoms with Gasteiger partial charge in [-0.05, 0) is 25.7 Å². The number of hydroxylamine groups is 1. The smallest absolute Gasteiger partial charge is 0.0654 e. The molecule has 0 unspecified atom stereocenters. The molecule has 0 heterocycles. The lowest BCUT2D eigenvalue weighted by molar-refractivity contribution is 0.0127. The molecule has 1 rings (SSSR count). The minimum atomic E-state index is -0.132. The van der Waals surface area contributed by atoms with Crippen LogP contribution in [0.5, 0.6) is 0 Å². The summed E-state index contributed by atoms with van der Waals surface area (Å²) in [6.45, 7) is 4.80. The van der Waals surface area contributed by atoms with E-state index in [-0.39, 0.29) is 6.10 Å². The lowest BCUT2D eigenvalue weighted by atomic mass is 10.0. The Morgan fingerprint density at radius 3 is 2.75 bits per heavy atom. The monoisotopic (exact) mass is 173 g/mol. The summed E-state index contributed by atoms with van der Waals surface area (Å²) in [5.74, 6) is 0.576. The lowest BCUT2D eigenvalue weighted by Gasteiger charge is -2.17. The summed E-state index contributed by atoms with van der Waals surface area (Å²) in [6.07, 6.45) is 2.73. The highest BCUT2D eigenvalue weighted by atomic mass is 16.6. The number of nitrogens with one attached hydrogen (secondary N) is 1. The maximum atomic E-state index is 9.40. The van der Waals surface area contributed by atoms with Crippen molar-refractivity contribution in [3.05, 3.63) is 0 Å². The zero-order valence-corrected chi connectivity index (χ0v) is 7.92. The second-order valence-corrected chi connectivity index (χ2v) is 3.45. The molecule has 2 N–H and O–H groups in total. The van der Waals surface area contributed by atoms with Gasteiger partial charge in [0.05, 0.1) is 12.7 Å². The van der Waals surface area contributed by atoms with Crippen LogP contribution in [0.15, 0.2) is 0 Å². The van der Waals surface area contributed by atoms with Crippen LogP contribution in [0.25, 0.3) is 0 Å². The highest BCUT2D eigenvalue weighted by Crippen LogP contribution is 2.28. The molecule has 1 aliphatic carbocycles. The van der Waals surface area contributed by atoms with E-state index in [1.165, 1.54) is 0 Å². The van der Waals surface area contributed by atoms with Crippen LogP contribution in [0.1, 0.15) is 33.1 Å². The van der Waals surface area contributed by atoms with Crippen LogP contribution in [-0.2, 0) is 4.84 Å². The van der Waals surface area contributed by atoms with Crippen molar-refractivity contribution >= 4 is 0 Å². The second-order valence-electron chi connectivity index (χ2n) is 3.45. The maximum Gasteiger partial charge on any atom is 0.0654 e. The largest absolute Gasteiger partial charge is 0.393 e. The Labute approximate surface area is 74.1 Å². The average molecular weight is 173 g/mol. The third kappa shape index (κ3) is 2.44. The third-order valence-electron chi connectivity index (χ3n) is 2.57. The first-order valence-electron chi connectivity index (χ1n) is 4.83. The second kappa shape index (κ2) is 4.80. The number of rotatable bonds is 4. The van der Waals surface area contributed by atoms with Gasteiger partial charge in [0.15, 0.2) is 0 Å². The lowest BCUT2D eigenvalue weighted by Crippen LogP contribution is -2.32. The molecule has 0 spiro atoms. The number of aliphatic hydroxyl groups excluding tert-OH is 1. The fraction of sp³-hybridized carbons (Fsp3) is 1.00. The summed E-state index contributed by atoms with van der Waals surface area (Å²) in [6, 6.07) is 0.352. The predicted molar refractivity (Wildman–Crippen MR) is 47.6 cm³/mol. The first kappa shape index (κ1) is 9.96. The van der Waals surface area contributed by atoms with Crippen molar-refractivity contribution in [1.29, 1.82) is 0 Å². The Hall–Kier alpha value is -0.120. The molecule has 0 aromatic carbocycles. The molecule has 0 saturated heterocycles. The van der Waals surface area contributed by atoms with Crippen molar-refractivity contribution in [1.82, 2.24) is 5.48 Å². The van der Waals surface area contributed by atoms with Crippen LogP contribution >= 0.6 is 0 Å². The van der Waals surface area contributed by atoms with Gasteiger partial charge < -0.3 is 9.94 Å². The predicted octanol–water partition coefficient (Wildman–Crippen LogP) is 1.08. The van der Waals surface area contributed by atoms with Crippen molar-refractivity contribution in [2.75, 3.05) is 6.61 Å². The molecule has 1 aliphatic rings. The van der Waals surface area contributed by atoms with E-state index in [2.05, 4.69) is 12.4 Å². The summed E-state index contributed by atoms with van der Waals surface area (Å²) in [5, 5.41) is 9.40. The SMILES string of the molecule is CCON[C@H]1C[C@@H](O)C[C@H]1CC. The Kier molecular flexibility index (Phi) is 3.98. The van der Waals surface area contributed by atoms with Crippen LogP contribution < -0.4 is 5.48 Å². The molecule has 12 heavy (non-hydrogen) atoms. The van der Waals surface area contributed by atoms with Crippen LogP contribution in [0, 0.1) is 5.92 Å². The van der Waals surface area contributed by atoms with Crippen molar-refractivity contribution in [3.8, 4) is 0 Å². The topological polar surface area (TPSA) is 41.5 Å². The van der Waals surface area contributed by atoms with Crippen LogP contribution in [0.2, 0.25) is 0 Å². The Balaban J connectivity index is 2.30. The van der Waals surface area contributed by atoms with Crippen molar-refractivity contribution in [2.24, 2.45) is 5.92 Å². The molecule has 0 amide bonds. The minimum Gasteiger partial charge on any atom is -0.393 e. The summed E-state index contributed by atoms with van der Waals surface area (Å²) in [5.41, 5.74) is 3.00. The summed E-state index contributed by atoms with van der Waals surface area (Å²) < 4.78 is 0. The molecule has 0 radical (unpaired) electrons. The van der Waals surface area contributed by atoms with E-state index in [0.29, 0.717) is 18.6 Å². The van der Waals surface area contributed by atoms with Gasteiger partial charge in [-0.2, -0.15) is 5.48 Å². The fourth-order valence-electron chi connectivity index (χ4n) is 1.88. The van der Waals surface area contributed by atoms with Gasteiger partial charge in [0, 0.05) is 6.04 Å². The average Bonchev–Trinajstić information content (AvgIpc) is 2.42. The van der Waals surface area contributed by atoms with Crippen molar-refractivity contribution in [2.45, 2.75) is 45.3 Å². The number of hydrogen-bond acceptors (Lipinski definition) is 3. The molecule has 72 valence electrons. The number of hydrogen-bond donors (Lipinski definition) is 2. The van der Waals surface area contributed by atoms with E-state index >= 15 is 0 Å². The molecule has 0 aromatic rings. The zero-order valence-electron chi connectivity index (χ0n) is 7.92. The molecule has 0 aliphatic heterocycles. The molecule has 1 fully saturated rings. The molecule has 0 aromatic heterocycles.